The summed E-state index contributed by atoms with van der Waals surface area (Å²) in [6.45, 7) is 1.91. The number of carboxylic acids is 1. The molecule has 0 aliphatic heterocycles. The summed E-state index contributed by atoms with van der Waals surface area (Å²) >= 11 is 0. The second-order valence-electron chi connectivity index (χ2n) is 5.39. The van der Waals surface area contributed by atoms with Crippen LogP contribution in [0.2, 0.25) is 0 Å². The summed E-state index contributed by atoms with van der Waals surface area (Å²) in [5.41, 5.74) is 0.726. The van der Waals surface area contributed by atoms with Crippen LogP contribution >= 0.6 is 0 Å². The fourth-order valence-electron chi connectivity index (χ4n) is 2.12. The molecule has 0 atom stereocenters. The Morgan fingerprint density at radius 3 is 2.64 bits per heavy atom. The van der Waals surface area contributed by atoms with Crippen molar-refractivity contribution in [2.45, 2.75) is 24.7 Å². The van der Waals surface area contributed by atoms with Crippen molar-refractivity contribution in [1.29, 1.82) is 0 Å². The van der Waals surface area contributed by atoms with Crippen molar-refractivity contribution in [3.05, 3.63) is 53.8 Å². The lowest BCUT2D eigenvalue weighted by Crippen LogP contribution is -2.13. The fraction of sp³-hybridized carbons (Fsp3) is 0.235. The average Bonchev–Trinajstić information content (AvgIpc) is 2.52. The third-order valence-corrected chi connectivity index (χ3v) is 4.71. The van der Waals surface area contributed by atoms with Crippen LogP contribution in [0.3, 0.4) is 0 Å². The van der Waals surface area contributed by atoms with E-state index in [0.29, 0.717) is 17.7 Å². The van der Waals surface area contributed by atoms with Crippen LogP contribution in [0.5, 0.6) is 5.75 Å². The first kappa shape index (κ1) is 18.7. The Morgan fingerprint density at radius 2 is 2.00 bits per heavy atom. The number of hydrogen-bond acceptors (Lipinski definition) is 4. The van der Waals surface area contributed by atoms with Gasteiger partial charge in [0.2, 0.25) is 0 Å². The molecule has 2 rings (SSSR count). The first-order valence-electron chi connectivity index (χ1n) is 7.51. The third kappa shape index (κ3) is 5.46. The largest absolute Gasteiger partial charge is 0.493 e. The van der Waals surface area contributed by atoms with E-state index in [1.54, 1.807) is 6.92 Å². The zero-order valence-corrected chi connectivity index (χ0v) is 14.3. The summed E-state index contributed by atoms with van der Waals surface area (Å²) in [6, 6.07) is 9.49. The zero-order valence-electron chi connectivity index (χ0n) is 13.5. The molecule has 134 valence electrons. The van der Waals surface area contributed by atoms with Gasteiger partial charge in [-0.15, -0.1) is 0 Å². The monoisotopic (exact) mass is 367 g/mol. The van der Waals surface area contributed by atoms with Crippen molar-refractivity contribution in [2.24, 2.45) is 0 Å². The standard InChI is InChI=1S/C17H18FNO5S/c1-12-10-15(7-8-16(12)24-9-3-6-17(20)21)25(22,23)19-14-5-2-4-13(18)11-14/h2,4-5,7-8,10-11,19H,3,6,9H2,1H3,(H,20,21). The molecule has 2 N–H and O–H groups in total. The maximum absolute atomic E-state index is 13.2. The van der Waals surface area contributed by atoms with Gasteiger partial charge in [-0.3, -0.25) is 9.52 Å². The number of aliphatic carboxylic acids is 1. The van der Waals surface area contributed by atoms with Gasteiger partial charge in [0.05, 0.1) is 17.2 Å². The number of aryl methyl sites for hydroxylation is 1. The summed E-state index contributed by atoms with van der Waals surface area (Å²) in [6.07, 6.45) is 0.360. The molecule has 0 saturated heterocycles. The van der Waals surface area contributed by atoms with E-state index in [4.69, 9.17) is 9.84 Å². The molecule has 8 heteroatoms. The Balaban J connectivity index is 2.09. The molecule has 0 heterocycles. The molecule has 0 saturated carbocycles. The molecule has 0 fully saturated rings. The van der Waals surface area contributed by atoms with Gasteiger partial charge >= 0.3 is 5.97 Å². The lowest BCUT2D eigenvalue weighted by atomic mass is 10.2. The lowest BCUT2D eigenvalue weighted by Gasteiger charge is -2.12. The minimum atomic E-state index is -3.86. The molecule has 2 aromatic carbocycles. The molecule has 0 aliphatic rings. The first-order chi connectivity index (χ1) is 11.8. The van der Waals surface area contributed by atoms with E-state index in [2.05, 4.69) is 4.72 Å². The molecule has 25 heavy (non-hydrogen) atoms. The number of halogens is 1. The van der Waals surface area contributed by atoms with Gasteiger partial charge in [0.25, 0.3) is 10.0 Å². The predicted molar refractivity (Wildman–Crippen MR) is 90.8 cm³/mol. The number of hydrogen-bond donors (Lipinski definition) is 2. The third-order valence-electron chi connectivity index (χ3n) is 3.33. The zero-order chi connectivity index (χ0) is 18.4. The minimum Gasteiger partial charge on any atom is -0.493 e. The van der Waals surface area contributed by atoms with Crippen molar-refractivity contribution in [3.8, 4) is 5.75 Å². The highest BCUT2D eigenvalue weighted by Crippen LogP contribution is 2.24. The van der Waals surface area contributed by atoms with Crippen LogP contribution in [-0.4, -0.2) is 26.1 Å². The molecule has 0 aliphatic carbocycles. The molecule has 0 bridgehead atoms. The second kappa shape index (κ2) is 7.98. The van der Waals surface area contributed by atoms with Gasteiger partial charge in [-0.1, -0.05) is 6.07 Å². The second-order valence-corrected chi connectivity index (χ2v) is 7.07. The SMILES string of the molecule is Cc1cc(S(=O)(=O)Nc2cccc(F)c2)ccc1OCCCC(=O)O. The average molecular weight is 367 g/mol. The van der Waals surface area contributed by atoms with E-state index in [1.165, 1.54) is 36.4 Å². The Kier molecular flexibility index (Phi) is 5.97. The van der Waals surface area contributed by atoms with Gasteiger partial charge in [-0.05, 0) is 55.3 Å². The van der Waals surface area contributed by atoms with Gasteiger partial charge in [-0.25, -0.2) is 12.8 Å². The molecule has 0 aromatic heterocycles. The summed E-state index contributed by atoms with van der Waals surface area (Å²) in [5, 5.41) is 8.58. The number of anilines is 1. The highest BCUT2D eigenvalue weighted by atomic mass is 32.2. The van der Waals surface area contributed by atoms with E-state index < -0.39 is 21.8 Å². The van der Waals surface area contributed by atoms with E-state index in [0.717, 1.165) is 6.07 Å². The van der Waals surface area contributed by atoms with Crippen LogP contribution in [0.4, 0.5) is 10.1 Å². The Labute approximate surface area is 145 Å². The highest BCUT2D eigenvalue weighted by molar-refractivity contribution is 7.92. The van der Waals surface area contributed by atoms with Crippen molar-refractivity contribution in [3.63, 3.8) is 0 Å². The summed E-state index contributed by atoms with van der Waals surface area (Å²) in [5.74, 6) is -0.957. The minimum absolute atomic E-state index is 0.00304. The smallest absolute Gasteiger partial charge is 0.303 e. The topological polar surface area (TPSA) is 92.7 Å². The van der Waals surface area contributed by atoms with E-state index in [-0.39, 0.29) is 23.6 Å². The van der Waals surface area contributed by atoms with Crippen molar-refractivity contribution < 1.29 is 27.4 Å². The number of benzene rings is 2. The Morgan fingerprint density at radius 1 is 1.24 bits per heavy atom. The van der Waals surface area contributed by atoms with E-state index in [9.17, 15) is 17.6 Å². The van der Waals surface area contributed by atoms with Gasteiger partial charge < -0.3 is 9.84 Å². The van der Waals surface area contributed by atoms with Gasteiger partial charge in [0.1, 0.15) is 11.6 Å². The summed E-state index contributed by atoms with van der Waals surface area (Å²) in [7, 11) is -3.86. The van der Waals surface area contributed by atoms with Crippen molar-refractivity contribution >= 4 is 21.7 Å². The number of sulfonamides is 1. The molecular weight excluding hydrogens is 349 g/mol. The van der Waals surface area contributed by atoms with E-state index >= 15 is 0 Å². The predicted octanol–water partition coefficient (Wildman–Crippen LogP) is 3.18. The Hall–Kier alpha value is -2.61. The molecule has 2 aromatic rings. The molecular formula is C17H18FNO5S. The van der Waals surface area contributed by atoms with Crippen LogP contribution in [0, 0.1) is 12.7 Å². The van der Waals surface area contributed by atoms with Crippen molar-refractivity contribution in [1.82, 2.24) is 0 Å². The molecule has 0 spiro atoms. The van der Waals surface area contributed by atoms with Crippen molar-refractivity contribution in [2.75, 3.05) is 11.3 Å². The lowest BCUT2D eigenvalue weighted by molar-refractivity contribution is -0.137. The van der Waals surface area contributed by atoms with Crippen LogP contribution in [-0.2, 0) is 14.8 Å². The number of carboxylic acid groups (broad SMARTS) is 1. The fourth-order valence-corrected chi connectivity index (χ4v) is 3.26. The van der Waals surface area contributed by atoms with Crippen LogP contribution in [0.15, 0.2) is 47.4 Å². The number of rotatable bonds is 8. The summed E-state index contributed by atoms with van der Waals surface area (Å²) in [4.78, 5) is 10.5. The Bertz CT molecular complexity index is 867. The number of ether oxygens (including phenoxy) is 1. The van der Waals surface area contributed by atoms with Gasteiger partial charge in [0, 0.05) is 6.42 Å². The van der Waals surface area contributed by atoms with Gasteiger partial charge in [0.15, 0.2) is 0 Å². The maximum Gasteiger partial charge on any atom is 0.303 e. The van der Waals surface area contributed by atoms with Gasteiger partial charge in [-0.2, -0.15) is 0 Å². The first-order valence-corrected chi connectivity index (χ1v) is 9.00. The normalized spacial score (nSPS) is 11.1. The number of nitrogens with one attached hydrogen (secondary N) is 1. The van der Waals surface area contributed by atoms with E-state index in [1.807, 2.05) is 0 Å². The van der Waals surface area contributed by atoms with Crippen LogP contribution in [0.1, 0.15) is 18.4 Å². The quantitative estimate of drug-likeness (QED) is 0.699. The molecule has 0 amide bonds. The van der Waals surface area contributed by atoms with Crippen LogP contribution in [0.25, 0.3) is 0 Å². The highest BCUT2D eigenvalue weighted by Gasteiger charge is 2.16. The van der Waals surface area contributed by atoms with Crippen LogP contribution < -0.4 is 9.46 Å². The molecule has 0 unspecified atom stereocenters. The summed E-state index contributed by atoms with van der Waals surface area (Å²) < 4.78 is 45.7. The molecule has 6 nitrogen and oxygen atoms in total. The molecule has 0 radical (unpaired) electrons. The maximum atomic E-state index is 13.2. The number of carbonyl (C=O) groups is 1.